The topological polar surface area (TPSA) is 79.1 Å². The number of halogens is 2. The van der Waals surface area contributed by atoms with Crippen molar-refractivity contribution >= 4 is 17.4 Å². The van der Waals surface area contributed by atoms with E-state index in [0.717, 1.165) is 36.6 Å². The van der Waals surface area contributed by atoms with E-state index < -0.39 is 5.82 Å². The molecule has 3 heterocycles. The van der Waals surface area contributed by atoms with Gasteiger partial charge in [0.1, 0.15) is 17.5 Å². The minimum absolute atomic E-state index is 0.188. The molecule has 4 rings (SSSR count). The molecule has 1 fully saturated rings. The van der Waals surface area contributed by atoms with Gasteiger partial charge in [0.25, 0.3) is 0 Å². The second kappa shape index (κ2) is 8.62. The van der Waals surface area contributed by atoms with E-state index in [9.17, 15) is 4.39 Å². The first kappa shape index (κ1) is 20.6. The van der Waals surface area contributed by atoms with E-state index in [-0.39, 0.29) is 23.3 Å². The number of nitrogens with zero attached hydrogens (tertiary/aromatic N) is 3. The number of allylic oxidation sites excluding steroid dienone is 1. The predicted molar refractivity (Wildman–Crippen MR) is 117 cm³/mol. The van der Waals surface area contributed by atoms with Gasteiger partial charge in [0.05, 0.1) is 11.6 Å². The summed E-state index contributed by atoms with van der Waals surface area (Å²) >= 11 is 6.05. The van der Waals surface area contributed by atoms with Crippen molar-refractivity contribution in [1.29, 1.82) is 0 Å². The Hall–Kier alpha value is -2.64. The smallest absolute Gasteiger partial charge is 0.164 e. The van der Waals surface area contributed by atoms with Gasteiger partial charge >= 0.3 is 0 Å². The highest BCUT2D eigenvalue weighted by Crippen LogP contribution is 2.29. The van der Waals surface area contributed by atoms with Crippen LogP contribution in [-0.2, 0) is 0 Å². The predicted octanol–water partition coefficient (Wildman–Crippen LogP) is 3.64. The van der Waals surface area contributed by atoms with Gasteiger partial charge in [-0.1, -0.05) is 25.4 Å². The van der Waals surface area contributed by atoms with Gasteiger partial charge in [-0.3, -0.25) is 0 Å². The molecule has 1 atom stereocenters. The Morgan fingerprint density at radius 1 is 1.40 bits per heavy atom. The number of hydrogen-bond acceptors (Lipinski definition) is 6. The maximum Gasteiger partial charge on any atom is 0.164 e. The number of rotatable bonds is 5. The van der Waals surface area contributed by atoms with Gasteiger partial charge in [-0.25, -0.2) is 14.4 Å². The molecule has 8 heteroatoms. The quantitative estimate of drug-likeness (QED) is 0.676. The molecule has 2 aliphatic heterocycles. The molecule has 0 saturated carbocycles. The number of aromatic nitrogens is 2. The van der Waals surface area contributed by atoms with Crippen molar-refractivity contribution in [3.63, 3.8) is 0 Å². The number of anilines is 1. The first-order valence-electron chi connectivity index (χ1n) is 10.1. The molecule has 30 heavy (non-hydrogen) atoms. The van der Waals surface area contributed by atoms with E-state index in [4.69, 9.17) is 17.3 Å². The van der Waals surface area contributed by atoms with Crippen molar-refractivity contribution in [2.45, 2.75) is 32.2 Å². The van der Waals surface area contributed by atoms with Gasteiger partial charge in [0.2, 0.25) is 0 Å². The summed E-state index contributed by atoms with van der Waals surface area (Å²) in [5.74, 6) is 1.61. The maximum atomic E-state index is 14.4. The summed E-state index contributed by atoms with van der Waals surface area (Å²) in [4.78, 5) is 11.2. The molecule has 0 amide bonds. The molecule has 2 aliphatic rings. The fraction of sp³-hybridized carbons (Fsp3) is 0.364. The molecule has 1 unspecified atom stereocenters. The summed E-state index contributed by atoms with van der Waals surface area (Å²) in [5, 5.41) is 7.15. The fourth-order valence-electron chi connectivity index (χ4n) is 3.58. The minimum Gasteiger partial charge on any atom is -0.368 e. The largest absolute Gasteiger partial charge is 0.368 e. The second-order valence-corrected chi connectivity index (χ2v) is 8.30. The summed E-state index contributed by atoms with van der Waals surface area (Å²) in [6.07, 6.45) is 8.09. The number of dihydropyridines is 1. The lowest BCUT2D eigenvalue weighted by Gasteiger charge is -2.26. The number of nitrogens with one attached hydrogen (secondary N) is 2. The van der Waals surface area contributed by atoms with Crippen LogP contribution in [0.15, 0.2) is 42.0 Å². The molecule has 1 aromatic heterocycles. The van der Waals surface area contributed by atoms with Gasteiger partial charge in [-0.15, -0.1) is 0 Å². The fourth-order valence-corrected chi connectivity index (χ4v) is 3.75. The van der Waals surface area contributed by atoms with E-state index in [0.29, 0.717) is 17.4 Å². The molecule has 1 saturated heterocycles. The molecular formula is C22H25ClFN6. The summed E-state index contributed by atoms with van der Waals surface area (Å²) in [7, 11) is 0. The Morgan fingerprint density at radius 2 is 2.23 bits per heavy atom. The standard InChI is InChI=1S/C22H25ClFN6/c1-13(2)18-11-27-21(17-9-14(23)3-4-19(17)24)29-22(18)28-16-5-7-26-20(10-16)30-8-6-15(25)12-30/h3-5,9,11,13,15,26H,6-8,12,25H2,1-2H3,(H,27,28,29). The monoisotopic (exact) mass is 427 g/mol. The number of benzene rings is 1. The molecular weight excluding hydrogens is 403 g/mol. The van der Waals surface area contributed by atoms with Crippen LogP contribution < -0.4 is 16.4 Å². The Kier molecular flexibility index (Phi) is 5.92. The van der Waals surface area contributed by atoms with Gasteiger partial charge in [0.15, 0.2) is 5.82 Å². The molecule has 157 valence electrons. The average molecular weight is 428 g/mol. The van der Waals surface area contributed by atoms with Crippen LogP contribution >= 0.6 is 11.6 Å². The Labute approximate surface area is 181 Å². The van der Waals surface area contributed by atoms with Gasteiger partial charge < -0.3 is 21.3 Å². The summed E-state index contributed by atoms with van der Waals surface area (Å²) < 4.78 is 14.4. The Balaban J connectivity index is 1.65. The van der Waals surface area contributed by atoms with E-state index in [1.165, 1.54) is 18.2 Å². The Bertz CT molecular complexity index is 1000. The molecule has 0 spiro atoms. The molecule has 0 bridgehead atoms. The number of hydrogen-bond donors (Lipinski definition) is 3. The third-order valence-corrected chi connectivity index (χ3v) is 5.47. The van der Waals surface area contributed by atoms with Crippen molar-refractivity contribution in [1.82, 2.24) is 20.2 Å². The van der Waals surface area contributed by atoms with E-state index >= 15 is 0 Å². The van der Waals surface area contributed by atoms with Crippen molar-refractivity contribution in [2.24, 2.45) is 5.73 Å². The lowest BCUT2D eigenvalue weighted by atomic mass is 10.1. The highest BCUT2D eigenvalue weighted by atomic mass is 35.5. The van der Waals surface area contributed by atoms with Crippen LogP contribution in [0.2, 0.25) is 5.02 Å². The van der Waals surface area contributed by atoms with Gasteiger partial charge in [0, 0.05) is 48.2 Å². The van der Waals surface area contributed by atoms with Crippen molar-refractivity contribution in [3.05, 3.63) is 64.5 Å². The van der Waals surface area contributed by atoms with Crippen LogP contribution in [0.25, 0.3) is 11.4 Å². The summed E-state index contributed by atoms with van der Waals surface area (Å²) in [5.41, 5.74) is 8.05. The zero-order valence-corrected chi connectivity index (χ0v) is 17.8. The molecule has 0 aliphatic carbocycles. The van der Waals surface area contributed by atoms with Crippen molar-refractivity contribution in [3.8, 4) is 11.4 Å². The third kappa shape index (κ3) is 4.42. The third-order valence-electron chi connectivity index (χ3n) is 5.23. The summed E-state index contributed by atoms with van der Waals surface area (Å²) in [6.45, 7) is 6.53. The van der Waals surface area contributed by atoms with Crippen molar-refractivity contribution in [2.75, 3.05) is 25.0 Å². The number of likely N-dealkylation sites (tertiary alicyclic amines) is 1. The number of nitrogens with two attached hydrogens (primary N) is 1. The highest BCUT2D eigenvalue weighted by Gasteiger charge is 2.23. The second-order valence-electron chi connectivity index (χ2n) is 7.87. The van der Waals surface area contributed by atoms with Crippen LogP contribution in [0.1, 0.15) is 31.7 Å². The highest BCUT2D eigenvalue weighted by molar-refractivity contribution is 6.30. The minimum atomic E-state index is -0.414. The van der Waals surface area contributed by atoms with Gasteiger partial charge in [-0.2, -0.15) is 0 Å². The maximum absolute atomic E-state index is 14.4. The van der Waals surface area contributed by atoms with Crippen LogP contribution in [0, 0.1) is 11.9 Å². The lowest BCUT2D eigenvalue weighted by Crippen LogP contribution is -2.35. The molecule has 4 N–H and O–H groups in total. The van der Waals surface area contributed by atoms with Crippen molar-refractivity contribution < 1.29 is 4.39 Å². The first-order chi connectivity index (χ1) is 14.4. The SMILES string of the molecule is CC(C)c1cnc(-c2cc(Cl)ccc2F)nc1NC1=CCNC(N2CCC(N)C2)=[C]1. The molecule has 6 nitrogen and oxygen atoms in total. The van der Waals surface area contributed by atoms with Gasteiger partial charge in [-0.05, 0) is 36.6 Å². The van der Waals surface area contributed by atoms with Crippen LogP contribution in [-0.4, -0.2) is 40.5 Å². The van der Waals surface area contributed by atoms with E-state index in [1.54, 1.807) is 6.20 Å². The zero-order valence-electron chi connectivity index (χ0n) is 17.0. The lowest BCUT2D eigenvalue weighted by molar-refractivity contribution is 0.385. The molecule has 1 aromatic carbocycles. The van der Waals surface area contributed by atoms with Crippen LogP contribution in [0.3, 0.4) is 0 Å². The van der Waals surface area contributed by atoms with E-state index in [2.05, 4.69) is 45.4 Å². The zero-order chi connectivity index (χ0) is 21.3. The average Bonchev–Trinajstić information content (AvgIpc) is 3.16. The molecule has 1 radical (unpaired) electrons. The Morgan fingerprint density at radius 3 is 2.97 bits per heavy atom. The van der Waals surface area contributed by atoms with E-state index in [1.807, 2.05) is 6.08 Å². The van der Waals surface area contributed by atoms with Crippen LogP contribution in [0.4, 0.5) is 10.2 Å². The normalized spacial score (nSPS) is 18.9. The first-order valence-corrected chi connectivity index (χ1v) is 10.5. The summed E-state index contributed by atoms with van der Waals surface area (Å²) in [6, 6.07) is 4.56. The van der Waals surface area contributed by atoms with Crippen LogP contribution in [0.5, 0.6) is 0 Å². The molecule has 2 aromatic rings.